The van der Waals surface area contributed by atoms with E-state index < -0.39 is 0 Å². The second kappa shape index (κ2) is 8.04. The van der Waals surface area contributed by atoms with Crippen molar-refractivity contribution in [3.63, 3.8) is 0 Å². The fraction of sp³-hybridized carbons (Fsp3) is 0.300. The first-order chi connectivity index (χ1) is 13.7. The molecule has 0 fully saturated rings. The molecule has 28 heavy (non-hydrogen) atoms. The number of methoxy groups -OCH3 is 1. The summed E-state index contributed by atoms with van der Waals surface area (Å²) in [6, 6.07) is 5.88. The number of rotatable bonds is 7. The van der Waals surface area contributed by atoms with E-state index in [0.717, 1.165) is 43.2 Å². The number of hydrogen-bond acceptors (Lipinski definition) is 8. The van der Waals surface area contributed by atoms with Crippen molar-refractivity contribution in [2.24, 2.45) is 0 Å². The Morgan fingerprint density at radius 1 is 1.07 bits per heavy atom. The summed E-state index contributed by atoms with van der Waals surface area (Å²) in [4.78, 5) is 19.0. The maximum atomic E-state index is 5.50. The molecule has 0 aliphatic heterocycles. The Balaban J connectivity index is 1.54. The first-order valence-electron chi connectivity index (χ1n) is 8.98. The molecule has 0 aliphatic carbocycles. The lowest BCUT2D eigenvalue weighted by Gasteiger charge is -2.08. The van der Waals surface area contributed by atoms with Gasteiger partial charge in [0.15, 0.2) is 0 Å². The van der Waals surface area contributed by atoms with Gasteiger partial charge in [-0.1, -0.05) is 6.07 Å². The van der Waals surface area contributed by atoms with Crippen LogP contribution in [0.2, 0.25) is 0 Å². The highest BCUT2D eigenvalue weighted by Gasteiger charge is 2.14. The fourth-order valence-corrected chi connectivity index (χ4v) is 4.28. The van der Waals surface area contributed by atoms with E-state index in [1.165, 1.54) is 0 Å². The first-order valence-corrected chi connectivity index (χ1v) is 9.80. The van der Waals surface area contributed by atoms with Gasteiger partial charge < -0.3 is 14.8 Å². The van der Waals surface area contributed by atoms with Crippen molar-refractivity contribution in [2.75, 3.05) is 25.6 Å². The summed E-state index contributed by atoms with van der Waals surface area (Å²) in [5.41, 5.74) is 2.05. The van der Waals surface area contributed by atoms with Crippen molar-refractivity contribution >= 4 is 37.5 Å². The van der Waals surface area contributed by atoms with E-state index in [9.17, 15) is 0 Å². The summed E-state index contributed by atoms with van der Waals surface area (Å²) in [7, 11) is 1.64. The lowest BCUT2D eigenvalue weighted by Crippen LogP contribution is -2.06. The Labute approximate surface area is 166 Å². The Morgan fingerprint density at radius 2 is 1.96 bits per heavy atom. The van der Waals surface area contributed by atoms with Crippen LogP contribution >= 0.6 is 11.3 Å². The van der Waals surface area contributed by atoms with Gasteiger partial charge in [0.05, 0.1) is 17.0 Å². The van der Waals surface area contributed by atoms with E-state index in [-0.39, 0.29) is 0 Å². The van der Waals surface area contributed by atoms with Crippen molar-refractivity contribution < 1.29 is 9.47 Å². The molecule has 0 aliphatic rings. The number of pyridine rings is 2. The van der Waals surface area contributed by atoms with Crippen LogP contribution in [-0.2, 0) is 11.3 Å². The van der Waals surface area contributed by atoms with Crippen LogP contribution in [-0.4, -0.2) is 40.3 Å². The zero-order chi connectivity index (χ0) is 19.5. The molecule has 0 bridgehead atoms. The number of thiophene rings is 1. The van der Waals surface area contributed by atoms with Crippen LogP contribution in [0.1, 0.15) is 17.1 Å². The Bertz CT molecular complexity index is 1110. The molecule has 0 aromatic carbocycles. The standard InChI is InChI=1S/C20H21N5O2S/c1-12-17-15-6-7-21-19(18(15)28-20(17)25-13(2)24-12)23-11-14-4-5-16(22-10-14)27-9-8-26-3/h4-7,10H,8-9,11H2,1-3H3,(H,21,23). The van der Waals surface area contributed by atoms with Gasteiger partial charge in [0.1, 0.15) is 23.1 Å². The van der Waals surface area contributed by atoms with Crippen molar-refractivity contribution in [1.29, 1.82) is 0 Å². The molecule has 0 unspecified atom stereocenters. The molecule has 0 spiro atoms. The summed E-state index contributed by atoms with van der Waals surface area (Å²) >= 11 is 1.64. The van der Waals surface area contributed by atoms with Crippen LogP contribution in [0.5, 0.6) is 5.88 Å². The molecule has 4 rings (SSSR count). The minimum atomic E-state index is 0.487. The van der Waals surface area contributed by atoms with Crippen LogP contribution in [0, 0.1) is 13.8 Å². The van der Waals surface area contributed by atoms with Crippen molar-refractivity contribution in [3.05, 3.63) is 47.7 Å². The third-order valence-corrected chi connectivity index (χ3v) is 5.44. The summed E-state index contributed by atoms with van der Waals surface area (Å²) in [6.45, 7) is 5.60. The minimum absolute atomic E-state index is 0.487. The highest BCUT2D eigenvalue weighted by molar-refractivity contribution is 7.26. The van der Waals surface area contributed by atoms with Crippen LogP contribution < -0.4 is 10.1 Å². The molecule has 0 amide bonds. The van der Waals surface area contributed by atoms with Crippen LogP contribution in [0.15, 0.2) is 30.6 Å². The van der Waals surface area contributed by atoms with Gasteiger partial charge in [0, 0.05) is 42.9 Å². The number of nitrogens with one attached hydrogen (secondary N) is 1. The quantitative estimate of drug-likeness (QED) is 0.475. The summed E-state index contributed by atoms with van der Waals surface area (Å²) in [5.74, 6) is 2.23. The molecule has 144 valence electrons. The predicted octanol–water partition coefficient (Wildman–Crippen LogP) is 3.89. The molecule has 4 aromatic heterocycles. The number of fused-ring (bicyclic) bond motifs is 3. The monoisotopic (exact) mass is 395 g/mol. The third-order valence-electron chi connectivity index (χ3n) is 4.34. The maximum Gasteiger partial charge on any atom is 0.213 e. The van der Waals surface area contributed by atoms with Crippen molar-refractivity contribution in [3.8, 4) is 5.88 Å². The zero-order valence-electron chi connectivity index (χ0n) is 16.0. The lowest BCUT2D eigenvalue weighted by molar-refractivity contribution is 0.143. The molecule has 0 radical (unpaired) electrons. The van der Waals surface area contributed by atoms with Gasteiger partial charge in [-0.25, -0.2) is 19.9 Å². The van der Waals surface area contributed by atoms with Crippen LogP contribution in [0.25, 0.3) is 20.3 Å². The molecule has 0 atom stereocenters. The number of ether oxygens (including phenoxy) is 2. The van der Waals surface area contributed by atoms with Gasteiger partial charge >= 0.3 is 0 Å². The Kier molecular flexibility index (Phi) is 5.31. The fourth-order valence-electron chi connectivity index (χ4n) is 3.05. The highest BCUT2D eigenvalue weighted by atomic mass is 32.1. The largest absolute Gasteiger partial charge is 0.475 e. The van der Waals surface area contributed by atoms with E-state index in [0.29, 0.717) is 25.6 Å². The Morgan fingerprint density at radius 3 is 2.75 bits per heavy atom. The maximum absolute atomic E-state index is 5.50. The average Bonchev–Trinajstić information content (AvgIpc) is 3.06. The van der Waals surface area contributed by atoms with Gasteiger partial charge in [-0.05, 0) is 25.5 Å². The molecule has 8 heteroatoms. The number of aromatic nitrogens is 4. The first kappa shape index (κ1) is 18.5. The van der Waals surface area contributed by atoms with Crippen molar-refractivity contribution in [2.45, 2.75) is 20.4 Å². The van der Waals surface area contributed by atoms with Crippen LogP contribution in [0.3, 0.4) is 0 Å². The molecule has 0 saturated heterocycles. The number of aryl methyl sites for hydroxylation is 2. The van der Waals surface area contributed by atoms with Crippen molar-refractivity contribution in [1.82, 2.24) is 19.9 Å². The van der Waals surface area contributed by atoms with E-state index in [4.69, 9.17) is 9.47 Å². The average molecular weight is 395 g/mol. The van der Waals surface area contributed by atoms with Gasteiger partial charge in [-0.2, -0.15) is 0 Å². The molecule has 7 nitrogen and oxygen atoms in total. The molecular weight excluding hydrogens is 374 g/mol. The second-order valence-electron chi connectivity index (χ2n) is 6.37. The van der Waals surface area contributed by atoms with E-state index in [1.54, 1.807) is 24.6 Å². The topological polar surface area (TPSA) is 82.0 Å². The van der Waals surface area contributed by atoms with Gasteiger partial charge in [-0.15, -0.1) is 11.3 Å². The van der Waals surface area contributed by atoms with E-state index in [2.05, 4.69) is 25.3 Å². The molecule has 0 saturated carbocycles. The lowest BCUT2D eigenvalue weighted by atomic mass is 10.2. The Hall–Kier alpha value is -2.84. The SMILES string of the molecule is COCCOc1ccc(CNc2nccc3c2sc2nc(C)nc(C)c23)cn1. The molecule has 1 N–H and O–H groups in total. The highest BCUT2D eigenvalue weighted by Crippen LogP contribution is 2.37. The number of nitrogens with zero attached hydrogens (tertiary/aromatic N) is 4. The summed E-state index contributed by atoms with van der Waals surface area (Å²) in [6.07, 6.45) is 3.63. The zero-order valence-corrected chi connectivity index (χ0v) is 16.8. The second-order valence-corrected chi connectivity index (χ2v) is 7.37. The summed E-state index contributed by atoms with van der Waals surface area (Å²) in [5, 5.41) is 5.66. The van der Waals surface area contributed by atoms with Gasteiger partial charge in [0.2, 0.25) is 5.88 Å². The molecular formula is C20H21N5O2S. The number of anilines is 1. The minimum Gasteiger partial charge on any atom is -0.475 e. The van der Waals surface area contributed by atoms with Gasteiger partial charge in [-0.3, -0.25) is 0 Å². The van der Waals surface area contributed by atoms with E-state index in [1.807, 2.05) is 38.2 Å². The normalized spacial score (nSPS) is 11.2. The van der Waals surface area contributed by atoms with Gasteiger partial charge in [0.25, 0.3) is 0 Å². The molecule has 4 heterocycles. The predicted molar refractivity (Wildman–Crippen MR) is 111 cm³/mol. The third kappa shape index (κ3) is 3.74. The van der Waals surface area contributed by atoms with E-state index >= 15 is 0 Å². The summed E-state index contributed by atoms with van der Waals surface area (Å²) < 4.78 is 11.6. The smallest absolute Gasteiger partial charge is 0.213 e. The number of hydrogen-bond donors (Lipinski definition) is 1. The molecule has 4 aromatic rings. The van der Waals surface area contributed by atoms with Crippen LogP contribution in [0.4, 0.5) is 5.82 Å².